The smallest absolute Gasteiger partial charge is 0.306 e. The summed E-state index contributed by atoms with van der Waals surface area (Å²) in [5, 5.41) is 11.8. The van der Waals surface area contributed by atoms with Crippen LogP contribution in [0.3, 0.4) is 0 Å². The third-order valence-corrected chi connectivity index (χ3v) is 15.1. The van der Waals surface area contributed by atoms with E-state index in [1.54, 1.807) is 5.57 Å². The maximum absolute atomic E-state index is 12.9. The van der Waals surface area contributed by atoms with Crippen LogP contribution in [0.15, 0.2) is 23.8 Å². The molecule has 4 aliphatic rings. The lowest BCUT2D eigenvalue weighted by Gasteiger charge is -2.58. The summed E-state index contributed by atoms with van der Waals surface area (Å²) in [5.41, 5.74) is 2.39. The summed E-state index contributed by atoms with van der Waals surface area (Å²) < 4.78 is 17.2. The van der Waals surface area contributed by atoms with Crippen LogP contribution in [0.4, 0.5) is 0 Å². The number of hydrogen-bond donors (Lipinski definition) is 1. The standard InChI is InChI=1S/C49H87NO5/c1-7-8-9-10-12-15-18-35-53-38-54-36-19-16-13-11-14-17-33-50(52)34-21-24-47(51)55-42-29-31-48(5)41(37-42)25-26-43-45-28-27-44(40(4)23-20-22-39(2)3)49(45,6)32-30-46(43)48/h15,18,25,39-40,42-46,52H,7-14,16-17,19-24,26-38H2,1-6H3/b18-15-/t40-,42+,43+,44-,45+,46+,48+,49-/m1/s1. The van der Waals surface area contributed by atoms with E-state index < -0.39 is 0 Å². The molecule has 0 aromatic heterocycles. The van der Waals surface area contributed by atoms with E-state index in [1.807, 2.05) is 0 Å². The zero-order valence-electron chi connectivity index (χ0n) is 36.8. The van der Waals surface area contributed by atoms with Crippen molar-refractivity contribution in [3.05, 3.63) is 23.8 Å². The van der Waals surface area contributed by atoms with Gasteiger partial charge in [0, 0.05) is 32.5 Å². The number of unbranched alkanes of at least 4 members (excludes halogenated alkanes) is 9. The maximum atomic E-state index is 12.9. The fraction of sp³-hybridized carbons (Fsp3) is 0.898. The minimum Gasteiger partial charge on any atom is -0.462 e. The van der Waals surface area contributed by atoms with Crippen LogP contribution in [0.25, 0.3) is 0 Å². The molecule has 3 fully saturated rings. The second-order valence-corrected chi connectivity index (χ2v) is 19.5. The molecule has 0 unspecified atom stereocenters. The number of carbonyl (C=O) groups excluding carboxylic acids is 1. The van der Waals surface area contributed by atoms with E-state index in [0.717, 1.165) is 87.1 Å². The second kappa shape index (κ2) is 24.7. The van der Waals surface area contributed by atoms with Crippen LogP contribution in [-0.4, -0.2) is 55.4 Å². The van der Waals surface area contributed by atoms with Crippen molar-refractivity contribution in [1.82, 2.24) is 5.06 Å². The van der Waals surface area contributed by atoms with Crippen molar-refractivity contribution >= 4 is 5.97 Å². The zero-order chi connectivity index (χ0) is 39.5. The molecule has 0 spiro atoms. The summed E-state index contributed by atoms with van der Waals surface area (Å²) in [6.45, 7) is 17.8. The molecule has 0 amide bonds. The maximum Gasteiger partial charge on any atom is 0.306 e. The first-order valence-electron chi connectivity index (χ1n) is 23.7. The van der Waals surface area contributed by atoms with Gasteiger partial charge in [0.25, 0.3) is 0 Å². The van der Waals surface area contributed by atoms with Crippen molar-refractivity contribution in [1.29, 1.82) is 0 Å². The van der Waals surface area contributed by atoms with E-state index in [9.17, 15) is 10.0 Å². The third-order valence-electron chi connectivity index (χ3n) is 15.1. The first-order valence-corrected chi connectivity index (χ1v) is 23.7. The highest BCUT2D eigenvalue weighted by atomic mass is 16.7. The molecule has 0 aromatic carbocycles. The van der Waals surface area contributed by atoms with Gasteiger partial charge in [-0.15, -0.1) is 0 Å². The first-order chi connectivity index (χ1) is 26.6. The van der Waals surface area contributed by atoms with Crippen molar-refractivity contribution in [2.45, 2.75) is 202 Å². The van der Waals surface area contributed by atoms with Gasteiger partial charge in [0.05, 0.1) is 6.61 Å². The average Bonchev–Trinajstić information content (AvgIpc) is 3.51. The van der Waals surface area contributed by atoms with Gasteiger partial charge in [-0.05, 0) is 123 Å². The molecule has 0 aromatic rings. The molecule has 4 rings (SSSR count). The van der Waals surface area contributed by atoms with Gasteiger partial charge in [-0.3, -0.25) is 4.79 Å². The molecule has 0 saturated heterocycles. The molecule has 1 N–H and O–H groups in total. The van der Waals surface area contributed by atoms with Crippen molar-refractivity contribution in [2.75, 3.05) is 33.1 Å². The summed E-state index contributed by atoms with van der Waals surface area (Å²) in [6, 6.07) is 0. The second-order valence-electron chi connectivity index (χ2n) is 19.5. The Bertz CT molecular complexity index is 1140. The topological polar surface area (TPSA) is 68.2 Å². The Morgan fingerprint density at radius 3 is 2.42 bits per heavy atom. The van der Waals surface area contributed by atoms with Gasteiger partial charge in [0.1, 0.15) is 12.9 Å². The predicted octanol–water partition coefficient (Wildman–Crippen LogP) is 13.3. The molecule has 0 bridgehead atoms. The fourth-order valence-electron chi connectivity index (χ4n) is 11.8. The average molecular weight is 770 g/mol. The van der Waals surface area contributed by atoms with Crippen molar-refractivity contribution in [3.63, 3.8) is 0 Å². The molecule has 8 atom stereocenters. The van der Waals surface area contributed by atoms with Gasteiger partial charge in [-0.1, -0.05) is 130 Å². The molecule has 0 heterocycles. The highest BCUT2D eigenvalue weighted by molar-refractivity contribution is 5.69. The van der Waals surface area contributed by atoms with Crippen LogP contribution in [0.1, 0.15) is 196 Å². The minimum absolute atomic E-state index is 0.0158. The van der Waals surface area contributed by atoms with E-state index in [1.165, 1.54) is 101 Å². The van der Waals surface area contributed by atoms with Gasteiger partial charge in [0.15, 0.2) is 0 Å². The van der Waals surface area contributed by atoms with Gasteiger partial charge >= 0.3 is 5.97 Å². The number of rotatable bonds is 28. The Morgan fingerprint density at radius 2 is 1.62 bits per heavy atom. The molecular formula is C49H87NO5. The summed E-state index contributed by atoms with van der Waals surface area (Å²) in [5.74, 6) is 4.99. The van der Waals surface area contributed by atoms with E-state index in [4.69, 9.17) is 14.2 Å². The van der Waals surface area contributed by atoms with E-state index in [-0.39, 0.29) is 17.5 Å². The van der Waals surface area contributed by atoms with E-state index in [0.29, 0.717) is 44.7 Å². The largest absolute Gasteiger partial charge is 0.462 e. The molecule has 4 aliphatic carbocycles. The van der Waals surface area contributed by atoms with Crippen molar-refractivity contribution in [3.8, 4) is 0 Å². The molecule has 0 radical (unpaired) electrons. The lowest BCUT2D eigenvalue weighted by Crippen LogP contribution is -2.51. The van der Waals surface area contributed by atoms with Crippen molar-refractivity contribution < 1.29 is 24.2 Å². The van der Waals surface area contributed by atoms with Crippen molar-refractivity contribution in [2.24, 2.45) is 46.3 Å². The molecule has 3 saturated carbocycles. The van der Waals surface area contributed by atoms with Crippen LogP contribution in [0, 0.1) is 46.3 Å². The Labute approximate surface area is 339 Å². The monoisotopic (exact) mass is 770 g/mol. The summed E-state index contributed by atoms with van der Waals surface area (Å²) >= 11 is 0. The number of nitrogens with zero attached hydrogens (tertiary/aromatic N) is 1. The number of ether oxygens (including phenoxy) is 3. The van der Waals surface area contributed by atoms with Crippen LogP contribution in [-0.2, 0) is 19.0 Å². The summed E-state index contributed by atoms with van der Waals surface area (Å²) in [7, 11) is 0. The molecular weight excluding hydrogens is 683 g/mol. The molecule has 6 nitrogen and oxygen atoms in total. The molecule has 6 heteroatoms. The predicted molar refractivity (Wildman–Crippen MR) is 228 cm³/mol. The normalized spacial score (nSPS) is 29.7. The number of fused-ring (bicyclic) bond motifs is 5. The van der Waals surface area contributed by atoms with Gasteiger partial charge in [0.2, 0.25) is 0 Å². The summed E-state index contributed by atoms with van der Waals surface area (Å²) in [6.07, 6.45) is 35.2. The van der Waals surface area contributed by atoms with Crippen LogP contribution < -0.4 is 0 Å². The molecule has 318 valence electrons. The van der Waals surface area contributed by atoms with E-state index in [2.05, 4.69) is 59.8 Å². The van der Waals surface area contributed by atoms with Crippen LogP contribution >= 0.6 is 0 Å². The number of carbonyl (C=O) groups is 1. The fourth-order valence-corrected chi connectivity index (χ4v) is 11.8. The lowest BCUT2D eigenvalue weighted by atomic mass is 9.47. The van der Waals surface area contributed by atoms with E-state index >= 15 is 0 Å². The molecule has 0 aliphatic heterocycles. The quantitative estimate of drug-likeness (QED) is 0.0281. The van der Waals surface area contributed by atoms with Gasteiger partial charge in [-0.25, -0.2) is 0 Å². The highest BCUT2D eigenvalue weighted by Crippen LogP contribution is 2.67. The Kier molecular flexibility index (Phi) is 20.8. The Hall–Kier alpha value is -1.21. The number of esters is 1. The lowest BCUT2D eigenvalue weighted by molar-refractivity contribution is -0.152. The van der Waals surface area contributed by atoms with Gasteiger partial charge in [-0.2, -0.15) is 5.06 Å². The molecule has 55 heavy (non-hydrogen) atoms. The summed E-state index contributed by atoms with van der Waals surface area (Å²) in [4.78, 5) is 12.9. The number of hydroxylamine groups is 2. The highest BCUT2D eigenvalue weighted by Gasteiger charge is 2.59. The number of allylic oxidation sites excluding steroid dienone is 2. The van der Waals surface area contributed by atoms with Gasteiger partial charge < -0.3 is 19.4 Å². The SMILES string of the molecule is CCCCCC/C=C\COCOCCCCCCCCN(O)CCCC(=O)O[C@H]1CC[C@@]2(C)C(=CC[C@H]3[C@@H]4CC[C@H]([C@H](C)CCCC(C)C)[C@@]4(C)CC[C@@H]32)C1. The Balaban J connectivity index is 1.02. The minimum atomic E-state index is -0.0928. The zero-order valence-corrected chi connectivity index (χ0v) is 36.8. The Morgan fingerprint density at radius 1 is 0.855 bits per heavy atom. The van der Waals surface area contributed by atoms with Crippen LogP contribution in [0.5, 0.6) is 0 Å². The van der Waals surface area contributed by atoms with Crippen LogP contribution in [0.2, 0.25) is 0 Å². The third kappa shape index (κ3) is 14.5. The first kappa shape index (κ1) is 46.5. The number of hydrogen-bond acceptors (Lipinski definition) is 6.